The zero-order chi connectivity index (χ0) is 13.7. The van der Waals surface area contributed by atoms with Crippen molar-refractivity contribution in [2.75, 3.05) is 0 Å². The minimum absolute atomic E-state index is 0.0614. The predicted octanol–water partition coefficient (Wildman–Crippen LogP) is 3.05. The van der Waals surface area contributed by atoms with Crippen LogP contribution < -0.4 is 5.73 Å². The van der Waals surface area contributed by atoms with Crippen molar-refractivity contribution < 1.29 is 4.79 Å². The van der Waals surface area contributed by atoms with Crippen molar-refractivity contribution in [2.24, 2.45) is 5.73 Å². The fourth-order valence-electron chi connectivity index (χ4n) is 3.33. The van der Waals surface area contributed by atoms with Crippen LogP contribution in [0.5, 0.6) is 0 Å². The molecule has 1 saturated heterocycles. The maximum Gasteiger partial charge on any atom is 0.223 e. The lowest BCUT2D eigenvalue weighted by molar-refractivity contribution is -0.138. The summed E-state index contributed by atoms with van der Waals surface area (Å²) >= 11 is 1.75. The molecule has 0 bridgehead atoms. The number of benzene rings is 1. The van der Waals surface area contributed by atoms with Crippen LogP contribution in [0.15, 0.2) is 29.6 Å². The van der Waals surface area contributed by atoms with Crippen LogP contribution in [-0.4, -0.2) is 22.9 Å². The van der Waals surface area contributed by atoms with E-state index in [0.717, 1.165) is 19.3 Å². The smallest absolute Gasteiger partial charge is 0.223 e. The van der Waals surface area contributed by atoms with Crippen molar-refractivity contribution in [1.82, 2.24) is 4.90 Å². The molecular formula is C16H18N2OS. The maximum atomic E-state index is 12.3. The first-order valence-corrected chi connectivity index (χ1v) is 8.16. The zero-order valence-electron chi connectivity index (χ0n) is 11.3. The number of piperidine rings is 1. The number of nitrogens with two attached hydrogens (primary N) is 1. The van der Waals surface area contributed by atoms with Crippen molar-refractivity contribution in [3.63, 3.8) is 0 Å². The molecule has 2 heterocycles. The van der Waals surface area contributed by atoms with Gasteiger partial charge in [-0.2, -0.15) is 0 Å². The largest absolute Gasteiger partial charge is 0.331 e. The molecule has 2 unspecified atom stereocenters. The minimum Gasteiger partial charge on any atom is -0.331 e. The molecule has 2 N–H and O–H groups in total. The molecule has 104 valence electrons. The summed E-state index contributed by atoms with van der Waals surface area (Å²) in [4.78, 5) is 14.4. The number of carbonyl (C=O) groups is 1. The van der Waals surface area contributed by atoms with E-state index in [0.29, 0.717) is 12.5 Å². The Kier molecular flexibility index (Phi) is 2.82. The molecule has 1 aliphatic carbocycles. The normalized spacial score (nSPS) is 27.2. The summed E-state index contributed by atoms with van der Waals surface area (Å²) < 4.78 is 1.28. The Labute approximate surface area is 122 Å². The van der Waals surface area contributed by atoms with E-state index in [-0.39, 0.29) is 18.0 Å². The topological polar surface area (TPSA) is 46.3 Å². The molecule has 2 aromatic rings. The highest BCUT2D eigenvalue weighted by atomic mass is 32.1. The number of likely N-dealkylation sites (tertiary alicyclic amines) is 1. The quantitative estimate of drug-likeness (QED) is 0.922. The van der Waals surface area contributed by atoms with Gasteiger partial charge in [0.05, 0.1) is 6.04 Å². The van der Waals surface area contributed by atoms with Crippen LogP contribution in [0, 0.1) is 0 Å². The van der Waals surface area contributed by atoms with Gasteiger partial charge in [0.2, 0.25) is 5.91 Å². The molecule has 1 amide bonds. The van der Waals surface area contributed by atoms with E-state index < -0.39 is 0 Å². The Hall–Kier alpha value is -1.39. The zero-order valence-corrected chi connectivity index (χ0v) is 12.1. The van der Waals surface area contributed by atoms with Gasteiger partial charge in [-0.15, -0.1) is 11.3 Å². The second-order valence-electron chi connectivity index (χ2n) is 5.87. The molecule has 20 heavy (non-hydrogen) atoms. The van der Waals surface area contributed by atoms with Crippen LogP contribution in [0.4, 0.5) is 0 Å². The van der Waals surface area contributed by atoms with Gasteiger partial charge in [0, 0.05) is 23.2 Å². The van der Waals surface area contributed by atoms with Crippen LogP contribution in [0.1, 0.15) is 37.3 Å². The third-order valence-electron chi connectivity index (χ3n) is 4.45. The fraction of sp³-hybridized carbons (Fsp3) is 0.438. The van der Waals surface area contributed by atoms with Gasteiger partial charge in [-0.05, 0) is 41.7 Å². The Morgan fingerprint density at radius 1 is 1.20 bits per heavy atom. The summed E-state index contributed by atoms with van der Waals surface area (Å²) in [6.45, 7) is 0. The number of hydrogen-bond acceptors (Lipinski definition) is 3. The third-order valence-corrected chi connectivity index (χ3v) is 5.44. The molecule has 1 saturated carbocycles. The number of rotatable bonds is 2. The van der Waals surface area contributed by atoms with Gasteiger partial charge in [-0.1, -0.05) is 18.2 Å². The first-order valence-electron chi connectivity index (χ1n) is 7.28. The predicted molar refractivity (Wildman–Crippen MR) is 81.6 cm³/mol. The van der Waals surface area contributed by atoms with Crippen molar-refractivity contribution in [2.45, 2.75) is 43.8 Å². The average molecular weight is 286 g/mol. The van der Waals surface area contributed by atoms with E-state index in [2.05, 4.69) is 34.5 Å². The lowest BCUT2D eigenvalue weighted by Crippen LogP contribution is -2.49. The Balaban J connectivity index is 1.82. The van der Waals surface area contributed by atoms with Crippen LogP contribution in [0.2, 0.25) is 0 Å². The maximum absolute atomic E-state index is 12.3. The molecule has 1 aromatic carbocycles. The number of nitrogens with zero attached hydrogens (tertiary/aromatic N) is 1. The SMILES string of the molecule is NC1CCC(=O)N(C2CC2)C1c1csc2ccccc12. The van der Waals surface area contributed by atoms with E-state index in [1.165, 1.54) is 15.6 Å². The number of hydrogen-bond donors (Lipinski definition) is 1. The van der Waals surface area contributed by atoms with Crippen LogP contribution in [0.3, 0.4) is 0 Å². The van der Waals surface area contributed by atoms with E-state index >= 15 is 0 Å². The monoisotopic (exact) mass is 286 g/mol. The highest BCUT2D eigenvalue weighted by molar-refractivity contribution is 7.17. The van der Waals surface area contributed by atoms with Gasteiger partial charge >= 0.3 is 0 Å². The van der Waals surface area contributed by atoms with Gasteiger partial charge in [-0.3, -0.25) is 4.79 Å². The second-order valence-corrected chi connectivity index (χ2v) is 6.78. The summed E-state index contributed by atoms with van der Waals surface area (Å²) in [5.74, 6) is 0.287. The van der Waals surface area contributed by atoms with E-state index in [1.54, 1.807) is 11.3 Å². The van der Waals surface area contributed by atoms with Gasteiger partial charge < -0.3 is 10.6 Å². The van der Waals surface area contributed by atoms with Gasteiger partial charge in [0.15, 0.2) is 0 Å². The van der Waals surface area contributed by atoms with Crippen molar-refractivity contribution >= 4 is 27.3 Å². The summed E-state index contributed by atoms with van der Waals surface area (Å²) in [6, 6.07) is 8.98. The molecule has 2 aliphatic rings. The Morgan fingerprint density at radius 3 is 2.80 bits per heavy atom. The highest BCUT2D eigenvalue weighted by Crippen LogP contribution is 2.43. The number of thiophene rings is 1. The van der Waals surface area contributed by atoms with Gasteiger partial charge in [0.25, 0.3) is 0 Å². The molecule has 0 radical (unpaired) electrons. The summed E-state index contributed by atoms with van der Waals surface area (Å²) in [5.41, 5.74) is 7.64. The van der Waals surface area contributed by atoms with Crippen molar-refractivity contribution in [1.29, 1.82) is 0 Å². The molecule has 2 fully saturated rings. The minimum atomic E-state index is 0.0614. The molecule has 1 aliphatic heterocycles. The summed E-state index contributed by atoms with van der Waals surface area (Å²) in [6.07, 6.45) is 3.68. The number of fused-ring (bicyclic) bond motifs is 1. The van der Waals surface area contributed by atoms with Crippen LogP contribution >= 0.6 is 11.3 Å². The van der Waals surface area contributed by atoms with Gasteiger partial charge in [-0.25, -0.2) is 0 Å². The molecular weight excluding hydrogens is 268 g/mol. The lowest BCUT2D eigenvalue weighted by Gasteiger charge is -2.40. The Bertz CT molecular complexity index is 661. The second kappa shape index (κ2) is 4.57. The standard InChI is InChI=1S/C16H18N2OS/c17-13-7-8-15(19)18(10-5-6-10)16(13)12-9-20-14-4-2-1-3-11(12)14/h1-4,9-10,13,16H,5-8,17H2. The lowest BCUT2D eigenvalue weighted by atomic mass is 9.90. The molecule has 4 heteroatoms. The first kappa shape index (κ1) is 12.4. The average Bonchev–Trinajstić information content (AvgIpc) is 3.21. The van der Waals surface area contributed by atoms with E-state index in [4.69, 9.17) is 5.73 Å². The number of carbonyl (C=O) groups excluding carboxylic acids is 1. The van der Waals surface area contributed by atoms with E-state index in [1.807, 2.05) is 0 Å². The number of amides is 1. The molecule has 2 atom stereocenters. The first-order chi connectivity index (χ1) is 9.75. The van der Waals surface area contributed by atoms with Gasteiger partial charge in [0.1, 0.15) is 0 Å². The fourth-order valence-corrected chi connectivity index (χ4v) is 4.32. The van der Waals surface area contributed by atoms with E-state index in [9.17, 15) is 4.79 Å². The molecule has 4 rings (SSSR count). The molecule has 3 nitrogen and oxygen atoms in total. The van der Waals surface area contributed by atoms with Crippen LogP contribution in [-0.2, 0) is 4.79 Å². The molecule has 0 spiro atoms. The van der Waals surface area contributed by atoms with Crippen molar-refractivity contribution in [3.8, 4) is 0 Å². The molecule has 1 aromatic heterocycles. The highest BCUT2D eigenvalue weighted by Gasteiger charge is 2.43. The van der Waals surface area contributed by atoms with Crippen molar-refractivity contribution in [3.05, 3.63) is 35.2 Å². The summed E-state index contributed by atoms with van der Waals surface area (Å²) in [7, 11) is 0. The van der Waals surface area contributed by atoms with Crippen LogP contribution in [0.25, 0.3) is 10.1 Å². The Morgan fingerprint density at radius 2 is 2.00 bits per heavy atom. The summed E-state index contributed by atoms with van der Waals surface area (Å²) in [5, 5.41) is 3.46. The third kappa shape index (κ3) is 1.86.